The third-order valence-corrected chi connectivity index (χ3v) is 5.08. The molecule has 35 heavy (non-hydrogen) atoms. The quantitative estimate of drug-likeness (QED) is 0.319. The highest BCUT2D eigenvalue weighted by Crippen LogP contribution is 2.31. The summed E-state index contributed by atoms with van der Waals surface area (Å²) >= 11 is 0. The van der Waals surface area contributed by atoms with E-state index in [4.69, 9.17) is 9.47 Å². The highest BCUT2D eigenvalue weighted by molar-refractivity contribution is 5.92. The van der Waals surface area contributed by atoms with Crippen molar-refractivity contribution < 1.29 is 14.3 Å². The summed E-state index contributed by atoms with van der Waals surface area (Å²) in [6.07, 6.45) is 3.25. The van der Waals surface area contributed by atoms with Crippen LogP contribution in [0.5, 0.6) is 23.0 Å². The first-order chi connectivity index (χ1) is 17.2. The van der Waals surface area contributed by atoms with Crippen LogP contribution in [0.4, 0.5) is 11.6 Å². The molecule has 0 saturated carbocycles. The van der Waals surface area contributed by atoms with Crippen molar-refractivity contribution in [1.29, 1.82) is 0 Å². The minimum absolute atomic E-state index is 0.279. The van der Waals surface area contributed by atoms with E-state index in [1.165, 1.54) is 6.20 Å². The lowest BCUT2D eigenvalue weighted by Gasteiger charge is -2.12. The Kier molecular flexibility index (Phi) is 6.17. The average Bonchev–Trinajstić information content (AvgIpc) is 2.90. The number of aromatic nitrogens is 3. The molecule has 0 unspecified atom stereocenters. The predicted octanol–water partition coefficient (Wildman–Crippen LogP) is 5.71. The zero-order chi connectivity index (χ0) is 24.0. The summed E-state index contributed by atoms with van der Waals surface area (Å²) in [5.41, 5.74) is 1.78. The molecule has 8 nitrogen and oxygen atoms in total. The molecule has 0 atom stereocenters. The Hall–Kier alpha value is -4.98. The van der Waals surface area contributed by atoms with E-state index in [0.717, 1.165) is 22.3 Å². The van der Waals surface area contributed by atoms with Gasteiger partial charge >= 0.3 is 0 Å². The fraction of sp³-hybridized carbons (Fsp3) is 0.0370. The molecule has 3 aromatic carbocycles. The monoisotopic (exact) mass is 463 g/mol. The van der Waals surface area contributed by atoms with Crippen LogP contribution in [0, 0.1) is 0 Å². The summed E-state index contributed by atoms with van der Waals surface area (Å²) in [5, 5.41) is 6.59. The number of nitrogens with zero attached hydrogens (tertiary/aromatic N) is 3. The van der Waals surface area contributed by atoms with E-state index in [1.807, 2.05) is 72.8 Å². The van der Waals surface area contributed by atoms with Gasteiger partial charge in [-0.05, 0) is 48.5 Å². The molecule has 5 rings (SSSR count). The number of fused-ring (bicyclic) bond motifs is 1. The third kappa shape index (κ3) is 5.17. The Labute approximate surface area is 201 Å². The van der Waals surface area contributed by atoms with Gasteiger partial charge in [0.15, 0.2) is 5.75 Å². The van der Waals surface area contributed by atoms with Crippen molar-refractivity contribution in [2.75, 3.05) is 12.4 Å². The molecule has 0 aliphatic heterocycles. The first kappa shape index (κ1) is 21.8. The van der Waals surface area contributed by atoms with Crippen LogP contribution in [0.3, 0.4) is 0 Å². The number of para-hydroxylation sites is 3. The van der Waals surface area contributed by atoms with Crippen LogP contribution in [0.1, 0.15) is 10.5 Å². The van der Waals surface area contributed by atoms with Gasteiger partial charge in [-0.2, -0.15) is 0 Å². The van der Waals surface area contributed by atoms with Gasteiger partial charge in [0.2, 0.25) is 5.95 Å². The topological polar surface area (TPSA) is 98.3 Å². The molecule has 0 bridgehead atoms. The summed E-state index contributed by atoms with van der Waals surface area (Å²) in [7, 11) is 1.55. The Morgan fingerprint density at radius 3 is 2.46 bits per heavy atom. The molecule has 5 aromatic rings. The lowest BCUT2D eigenvalue weighted by molar-refractivity contribution is 0.0958. The molecule has 2 N–H and O–H groups in total. The predicted molar refractivity (Wildman–Crippen MR) is 133 cm³/mol. The standard InChI is InChI=1S/C27H21N5O3/c1-28-26(33)24-16-21(13-14-29-24)34-20-11-12-22-18(15-20)17-30-27(31-22)32-23-9-5-6-10-25(23)35-19-7-3-2-4-8-19/h2-17H,1H3,(H,28,33)(H,30,31,32). The van der Waals surface area contributed by atoms with Gasteiger partial charge in [-0.3, -0.25) is 9.78 Å². The number of anilines is 2. The first-order valence-electron chi connectivity index (χ1n) is 10.9. The Morgan fingerprint density at radius 1 is 0.800 bits per heavy atom. The first-order valence-corrected chi connectivity index (χ1v) is 10.9. The number of hydrogen-bond donors (Lipinski definition) is 2. The number of rotatable bonds is 7. The molecule has 0 aliphatic rings. The minimum atomic E-state index is -0.280. The van der Waals surface area contributed by atoms with Gasteiger partial charge in [0.1, 0.15) is 22.9 Å². The fourth-order valence-electron chi connectivity index (χ4n) is 3.39. The van der Waals surface area contributed by atoms with Crippen molar-refractivity contribution in [3.8, 4) is 23.0 Å². The van der Waals surface area contributed by atoms with Gasteiger partial charge in [0, 0.05) is 30.9 Å². The highest BCUT2D eigenvalue weighted by atomic mass is 16.5. The lowest BCUT2D eigenvalue weighted by atomic mass is 10.2. The van der Waals surface area contributed by atoms with Gasteiger partial charge in [0.25, 0.3) is 5.91 Å². The van der Waals surface area contributed by atoms with Crippen molar-refractivity contribution in [2.45, 2.75) is 0 Å². The Morgan fingerprint density at radius 2 is 1.60 bits per heavy atom. The number of nitrogens with one attached hydrogen (secondary N) is 2. The van der Waals surface area contributed by atoms with E-state index < -0.39 is 0 Å². The van der Waals surface area contributed by atoms with Crippen molar-refractivity contribution in [3.63, 3.8) is 0 Å². The normalized spacial score (nSPS) is 10.5. The van der Waals surface area contributed by atoms with Gasteiger partial charge < -0.3 is 20.1 Å². The van der Waals surface area contributed by atoms with E-state index in [1.54, 1.807) is 25.4 Å². The number of hydrogen-bond acceptors (Lipinski definition) is 7. The van der Waals surface area contributed by atoms with Gasteiger partial charge in [0.05, 0.1) is 11.2 Å². The molecule has 0 saturated heterocycles. The van der Waals surface area contributed by atoms with Crippen LogP contribution in [0.25, 0.3) is 10.9 Å². The number of carbonyl (C=O) groups is 1. The number of pyridine rings is 1. The molecular weight excluding hydrogens is 442 g/mol. The van der Waals surface area contributed by atoms with Crippen molar-refractivity contribution in [3.05, 3.63) is 103 Å². The van der Waals surface area contributed by atoms with E-state index in [-0.39, 0.29) is 11.6 Å². The molecule has 2 aromatic heterocycles. The van der Waals surface area contributed by atoms with Crippen LogP contribution >= 0.6 is 0 Å². The van der Waals surface area contributed by atoms with E-state index in [9.17, 15) is 4.79 Å². The second-order valence-corrected chi connectivity index (χ2v) is 7.51. The van der Waals surface area contributed by atoms with Crippen LogP contribution < -0.4 is 20.1 Å². The number of ether oxygens (including phenoxy) is 2. The average molecular weight is 463 g/mol. The molecule has 0 spiro atoms. The molecule has 2 heterocycles. The van der Waals surface area contributed by atoms with Crippen molar-refractivity contribution in [1.82, 2.24) is 20.3 Å². The second-order valence-electron chi connectivity index (χ2n) is 7.51. The van der Waals surface area contributed by atoms with Gasteiger partial charge in [-0.25, -0.2) is 9.97 Å². The van der Waals surface area contributed by atoms with E-state index >= 15 is 0 Å². The Bertz CT molecular complexity index is 1490. The largest absolute Gasteiger partial charge is 0.457 e. The zero-order valence-electron chi connectivity index (χ0n) is 18.8. The summed E-state index contributed by atoms with van der Waals surface area (Å²) in [4.78, 5) is 24.9. The zero-order valence-corrected chi connectivity index (χ0v) is 18.8. The SMILES string of the molecule is CNC(=O)c1cc(Oc2ccc3nc(Nc4ccccc4Oc4ccccc4)ncc3c2)ccn1. The van der Waals surface area contributed by atoms with Crippen LogP contribution in [0.15, 0.2) is 97.3 Å². The van der Waals surface area contributed by atoms with Crippen LogP contribution in [-0.2, 0) is 0 Å². The molecule has 1 amide bonds. The summed E-state index contributed by atoms with van der Waals surface area (Å²) in [5.74, 6) is 2.67. The maximum Gasteiger partial charge on any atom is 0.269 e. The van der Waals surface area contributed by atoms with Crippen molar-refractivity contribution in [2.24, 2.45) is 0 Å². The summed E-state index contributed by atoms with van der Waals surface area (Å²) in [6, 6.07) is 26.0. The minimum Gasteiger partial charge on any atom is -0.457 e. The molecular formula is C27H21N5O3. The molecule has 8 heteroatoms. The summed E-state index contributed by atoms with van der Waals surface area (Å²) < 4.78 is 11.9. The third-order valence-electron chi connectivity index (χ3n) is 5.08. The van der Waals surface area contributed by atoms with Crippen LogP contribution in [0.2, 0.25) is 0 Å². The van der Waals surface area contributed by atoms with Crippen LogP contribution in [-0.4, -0.2) is 27.9 Å². The number of benzene rings is 3. The van der Waals surface area contributed by atoms with E-state index in [0.29, 0.717) is 23.2 Å². The molecule has 172 valence electrons. The maximum absolute atomic E-state index is 11.8. The maximum atomic E-state index is 11.8. The second kappa shape index (κ2) is 9.88. The number of amides is 1. The molecule has 0 aliphatic carbocycles. The van der Waals surface area contributed by atoms with Crippen molar-refractivity contribution >= 4 is 28.4 Å². The van der Waals surface area contributed by atoms with Gasteiger partial charge in [-0.1, -0.05) is 30.3 Å². The smallest absolute Gasteiger partial charge is 0.269 e. The fourth-order valence-corrected chi connectivity index (χ4v) is 3.39. The number of carbonyl (C=O) groups excluding carboxylic acids is 1. The molecule has 0 fully saturated rings. The Balaban J connectivity index is 1.34. The van der Waals surface area contributed by atoms with Gasteiger partial charge in [-0.15, -0.1) is 0 Å². The summed E-state index contributed by atoms with van der Waals surface area (Å²) in [6.45, 7) is 0. The molecule has 0 radical (unpaired) electrons. The van der Waals surface area contributed by atoms with E-state index in [2.05, 4.69) is 25.6 Å². The lowest BCUT2D eigenvalue weighted by Crippen LogP contribution is -2.18. The highest BCUT2D eigenvalue weighted by Gasteiger charge is 2.10.